The van der Waals surface area contributed by atoms with E-state index in [1.807, 2.05) is 35.7 Å². The van der Waals surface area contributed by atoms with E-state index in [9.17, 15) is 4.79 Å². The lowest BCUT2D eigenvalue weighted by molar-refractivity contribution is 0.102. The van der Waals surface area contributed by atoms with Crippen LogP contribution in [0.1, 0.15) is 35.9 Å². The number of aromatic nitrogens is 3. The van der Waals surface area contributed by atoms with Crippen molar-refractivity contribution in [3.8, 4) is 5.69 Å². The summed E-state index contributed by atoms with van der Waals surface area (Å²) in [5.74, 6) is 0.616. The van der Waals surface area contributed by atoms with E-state index in [1.165, 1.54) is 24.2 Å². The molecular formula is C20H23N5OS. The lowest BCUT2D eigenvalue weighted by Gasteiger charge is -2.29. The molecule has 1 aliphatic heterocycles. The van der Waals surface area contributed by atoms with E-state index < -0.39 is 0 Å². The molecule has 1 fully saturated rings. The van der Waals surface area contributed by atoms with Crippen LogP contribution in [0.25, 0.3) is 5.69 Å². The second kappa shape index (κ2) is 8.02. The van der Waals surface area contributed by atoms with Crippen molar-refractivity contribution in [2.24, 2.45) is 5.92 Å². The van der Waals surface area contributed by atoms with Crippen molar-refractivity contribution in [1.82, 2.24) is 19.4 Å². The molecule has 0 saturated carbocycles. The topological polar surface area (TPSA) is 63.1 Å². The quantitative estimate of drug-likeness (QED) is 0.730. The molecule has 27 heavy (non-hydrogen) atoms. The van der Waals surface area contributed by atoms with Gasteiger partial charge in [0.25, 0.3) is 5.91 Å². The molecule has 140 valence electrons. The van der Waals surface area contributed by atoms with Gasteiger partial charge in [0.15, 0.2) is 5.13 Å². The van der Waals surface area contributed by atoms with Crippen LogP contribution in [-0.4, -0.2) is 38.4 Å². The minimum absolute atomic E-state index is 0.205. The van der Waals surface area contributed by atoms with Crippen LogP contribution >= 0.6 is 11.3 Å². The number of imidazole rings is 1. The van der Waals surface area contributed by atoms with Crippen molar-refractivity contribution in [2.45, 2.75) is 26.3 Å². The van der Waals surface area contributed by atoms with Crippen LogP contribution in [-0.2, 0) is 6.54 Å². The number of likely N-dealkylation sites (tertiary alicyclic amines) is 1. The highest BCUT2D eigenvalue weighted by Crippen LogP contribution is 2.21. The molecule has 1 aliphatic rings. The molecule has 3 heterocycles. The van der Waals surface area contributed by atoms with Gasteiger partial charge in [0, 0.05) is 17.6 Å². The molecule has 3 aromatic rings. The van der Waals surface area contributed by atoms with Crippen LogP contribution in [0, 0.1) is 5.92 Å². The third-order valence-corrected chi connectivity index (χ3v) is 5.75. The fourth-order valence-electron chi connectivity index (χ4n) is 3.30. The van der Waals surface area contributed by atoms with E-state index in [0.29, 0.717) is 10.8 Å². The maximum absolute atomic E-state index is 12.7. The molecule has 4 rings (SSSR count). The summed E-state index contributed by atoms with van der Waals surface area (Å²) >= 11 is 1.47. The molecule has 0 bridgehead atoms. The molecule has 1 N–H and O–H groups in total. The average Bonchev–Trinajstić information content (AvgIpc) is 3.34. The summed E-state index contributed by atoms with van der Waals surface area (Å²) in [6.07, 6.45) is 5.72. The van der Waals surface area contributed by atoms with Gasteiger partial charge < -0.3 is 0 Å². The van der Waals surface area contributed by atoms with Crippen molar-refractivity contribution < 1.29 is 4.79 Å². The second-order valence-electron chi connectivity index (χ2n) is 7.04. The van der Waals surface area contributed by atoms with Crippen molar-refractivity contribution >= 4 is 22.4 Å². The highest BCUT2D eigenvalue weighted by Gasteiger charge is 2.18. The number of nitrogens with zero attached hydrogens (tertiary/aromatic N) is 4. The number of nitrogens with one attached hydrogen (secondary N) is 1. The summed E-state index contributed by atoms with van der Waals surface area (Å²) in [7, 11) is 0. The number of hydrogen-bond acceptors (Lipinski definition) is 5. The molecular weight excluding hydrogens is 358 g/mol. The van der Waals surface area contributed by atoms with Crippen LogP contribution < -0.4 is 5.32 Å². The first-order chi connectivity index (χ1) is 13.2. The first-order valence-electron chi connectivity index (χ1n) is 9.25. The summed E-state index contributed by atoms with van der Waals surface area (Å²) in [5, 5.41) is 5.56. The maximum atomic E-state index is 12.7. The van der Waals surface area contributed by atoms with E-state index in [2.05, 4.69) is 27.1 Å². The molecule has 0 radical (unpaired) electrons. The highest BCUT2D eigenvalue weighted by molar-refractivity contribution is 7.13. The third-order valence-electron chi connectivity index (χ3n) is 4.94. The van der Waals surface area contributed by atoms with Crippen LogP contribution in [0.4, 0.5) is 5.13 Å². The zero-order valence-corrected chi connectivity index (χ0v) is 16.2. The highest BCUT2D eigenvalue weighted by atomic mass is 32.1. The number of amides is 1. The molecule has 2 aromatic heterocycles. The molecule has 0 spiro atoms. The summed E-state index contributed by atoms with van der Waals surface area (Å²) in [6, 6.07) is 9.70. The number of hydrogen-bond donors (Lipinski definition) is 1. The first kappa shape index (κ1) is 17.9. The number of carbonyl (C=O) groups excluding carboxylic acids is 1. The van der Waals surface area contributed by atoms with Crippen LogP contribution in [0.15, 0.2) is 48.2 Å². The van der Waals surface area contributed by atoms with Gasteiger partial charge >= 0.3 is 0 Å². The van der Waals surface area contributed by atoms with Crippen molar-refractivity contribution in [3.63, 3.8) is 0 Å². The summed E-state index contributed by atoms with van der Waals surface area (Å²) < 4.78 is 1.78. The minimum Gasteiger partial charge on any atom is -0.297 e. The van der Waals surface area contributed by atoms with Gasteiger partial charge in [-0.25, -0.2) is 9.97 Å². The van der Waals surface area contributed by atoms with Crippen molar-refractivity contribution in [2.75, 3.05) is 18.4 Å². The Morgan fingerprint density at radius 1 is 1.26 bits per heavy atom. The minimum atomic E-state index is -0.205. The molecule has 0 atom stereocenters. The van der Waals surface area contributed by atoms with Gasteiger partial charge in [-0.3, -0.25) is 19.6 Å². The molecule has 6 nitrogen and oxygen atoms in total. The van der Waals surface area contributed by atoms with E-state index in [-0.39, 0.29) is 5.91 Å². The fraction of sp³-hybridized carbons (Fsp3) is 0.350. The van der Waals surface area contributed by atoms with E-state index in [1.54, 1.807) is 17.1 Å². The molecule has 1 aromatic carbocycles. The standard InChI is InChI=1S/C20H23N5OS/c1-15-7-9-24(10-8-15)12-16-13-27-20(22-16)23-19(26)18-11-21-14-25(18)17-5-3-2-4-6-17/h2-6,11,13-15H,7-10,12H2,1H3,(H,22,23,26). The second-order valence-corrected chi connectivity index (χ2v) is 7.90. The summed E-state index contributed by atoms with van der Waals surface area (Å²) in [6.45, 7) is 5.41. The lowest BCUT2D eigenvalue weighted by Crippen LogP contribution is -2.32. The molecule has 1 saturated heterocycles. The van der Waals surface area contributed by atoms with Gasteiger partial charge in [-0.1, -0.05) is 25.1 Å². The van der Waals surface area contributed by atoms with Gasteiger partial charge in [0.05, 0.1) is 18.2 Å². The number of thiazole rings is 1. The predicted molar refractivity (Wildman–Crippen MR) is 107 cm³/mol. The Labute approximate surface area is 162 Å². The molecule has 0 unspecified atom stereocenters. The van der Waals surface area contributed by atoms with E-state index >= 15 is 0 Å². The number of anilines is 1. The lowest BCUT2D eigenvalue weighted by atomic mass is 9.99. The molecule has 1 amide bonds. The SMILES string of the molecule is CC1CCN(Cc2csc(NC(=O)c3cncn3-c3ccccc3)n2)CC1. The van der Waals surface area contributed by atoms with Gasteiger partial charge in [-0.05, 0) is 44.0 Å². The third kappa shape index (κ3) is 4.26. The van der Waals surface area contributed by atoms with Gasteiger partial charge in [-0.15, -0.1) is 11.3 Å². The average molecular weight is 382 g/mol. The zero-order chi connectivity index (χ0) is 18.6. The van der Waals surface area contributed by atoms with Crippen molar-refractivity contribution in [3.05, 3.63) is 59.6 Å². The number of benzene rings is 1. The molecule has 0 aliphatic carbocycles. The first-order valence-corrected chi connectivity index (χ1v) is 10.1. The maximum Gasteiger partial charge on any atom is 0.276 e. The number of rotatable bonds is 5. The Balaban J connectivity index is 1.41. The molecule has 7 heteroatoms. The van der Waals surface area contributed by atoms with Gasteiger partial charge in [-0.2, -0.15) is 0 Å². The smallest absolute Gasteiger partial charge is 0.276 e. The Kier molecular flexibility index (Phi) is 5.31. The number of para-hydroxylation sites is 1. The normalized spacial score (nSPS) is 15.7. The zero-order valence-electron chi connectivity index (χ0n) is 15.3. The van der Waals surface area contributed by atoms with Crippen molar-refractivity contribution in [1.29, 1.82) is 0 Å². The predicted octanol–water partition coefficient (Wildman–Crippen LogP) is 3.81. The van der Waals surface area contributed by atoms with E-state index in [4.69, 9.17) is 0 Å². The van der Waals surface area contributed by atoms with E-state index in [0.717, 1.165) is 36.9 Å². The Morgan fingerprint density at radius 2 is 2.04 bits per heavy atom. The van der Waals surface area contributed by atoms with Crippen LogP contribution in [0.2, 0.25) is 0 Å². The number of piperidine rings is 1. The largest absolute Gasteiger partial charge is 0.297 e. The van der Waals surface area contributed by atoms with Crippen LogP contribution in [0.3, 0.4) is 0 Å². The Bertz CT molecular complexity index is 896. The van der Waals surface area contributed by atoms with Crippen LogP contribution in [0.5, 0.6) is 0 Å². The summed E-state index contributed by atoms with van der Waals surface area (Å²) in [5.41, 5.74) is 2.41. The summed E-state index contributed by atoms with van der Waals surface area (Å²) in [4.78, 5) is 23.8. The Morgan fingerprint density at radius 3 is 2.81 bits per heavy atom. The monoisotopic (exact) mass is 381 g/mol. The van der Waals surface area contributed by atoms with Gasteiger partial charge in [0.1, 0.15) is 5.69 Å². The fourth-order valence-corrected chi connectivity index (χ4v) is 4.00. The number of carbonyl (C=O) groups is 1. The Hall–Kier alpha value is -2.51. The van der Waals surface area contributed by atoms with Gasteiger partial charge in [0.2, 0.25) is 0 Å².